The zero-order chi connectivity index (χ0) is 21.5. The fraction of sp³-hybridized carbons (Fsp3) is 0.542. The molecule has 32 heavy (non-hydrogen) atoms. The largest absolute Gasteiger partial charge is 0.491 e. The van der Waals surface area contributed by atoms with E-state index < -0.39 is 0 Å². The van der Waals surface area contributed by atoms with E-state index in [0.29, 0.717) is 13.2 Å². The first-order valence-electron chi connectivity index (χ1n) is 11.3. The molecule has 0 aliphatic carbocycles. The third kappa shape index (κ3) is 7.07. The Kier molecular flexibility index (Phi) is 10.1. The highest BCUT2D eigenvalue weighted by atomic mass is 127. The number of fused-ring (bicyclic) bond motifs is 1. The Morgan fingerprint density at radius 2 is 2.22 bits per heavy atom. The molecule has 0 amide bonds. The minimum Gasteiger partial charge on any atom is -0.491 e. The molecule has 8 heteroatoms. The number of hydrogen-bond donors (Lipinski definition) is 2. The van der Waals surface area contributed by atoms with Gasteiger partial charge >= 0.3 is 0 Å². The van der Waals surface area contributed by atoms with Crippen LogP contribution < -0.4 is 15.4 Å². The van der Waals surface area contributed by atoms with Crippen molar-refractivity contribution in [3.05, 3.63) is 51.2 Å². The van der Waals surface area contributed by atoms with Crippen LogP contribution in [0.15, 0.2) is 34.6 Å². The van der Waals surface area contributed by atoms with Crippen LogP contribution in [-0.4, -0.2) is 56.9 Å². The number of thiophene rings is 1. The smallest absolute Gasteiger partial charge is 0.191 e. The van der Waals surface area contributed by atoms with Crippen LogP contribution in [0.5, 0.6) is 5.75 Å². The van der Waals surface area contributed by atoms with Crippen molar-refractivity contribution in [3.63, 3.8) is 0 Å². The first-order chi connectivity index (χ1) is 15.2. The molecule has 1 fully saturated rings. The summed E-state index contributed by atoms with van der Waals surface area (Å²) >= 11 is 1.89. The van der Waals surface area contributed by atoms with Gasteiger partial charge < -0.3 is 20.1 Å². The highest BCUT2D eigenvalue weighted by Gasteiger charge is 2.18. The Morgan fingerprint density at radius 1 is 1.31 bits per heavy atom. The van der Waals surface area contributed by atoms with Gasteiger partial charge in [0.15, 0.2) is 5.96 Å². The molecule has 2 N–H and O–H groups in total. The summed E-state index contributed by atoms with van der Waals surface area (Å²) in [6.45, 7) is 8.30. The van der Waals surface area contributed by atoms with Crippen molar-refractivity contribution in [1.82, 2.24) is 15.5 Å². The first-order valence-corrected chi connectivity index (χ1v) is 12.2. The predicted octanol–water partition coefficient (Wildman–Crippen LogP) is 3.96. The summed E-state index contributed by atoms with van der Waals surface area (Å²) in [5.74, 6) is 1.75. The fourth-order valence-corrected chi connectivity index (χ4v) is 5.02. The number of aryl methyl sites for hydroxylation is 1. The number of nitrogens with zero attached hydrogens (tertiary/aromatic N) is 2. The summed E-state index contributed by atoms with van der Waals surface area (Å²) in [7, 11) is 1.82. The van der Waals surface area contributed by atoms with Crippen molar-refractivity contribution in [2.24, 2.45) is 4.99 Å². The van der Waals surface area contributed by atoms with Crippen molar-refractivity contribution < 1.29 is 9.47 Å². The van der Waals surface area contributed by atoms with E-state index in [1.54, 1.807) is 4.88 Å². The maximum Gasteiger partial charge on any atom is 0.191 e. The van der Waals surface area contributed by atoms with Crippen LogP contribution in [0.1, 0.15) is 34.4 Å². The van der Waals surface area contributed by atoms with E-state index in [2.05, 4.69) is 57.1 Å². The quantitative estimate of drug-likeness (QED) is 0.286. The van der Waals surface area contributed by atoms with E-state index in [-0.39, 0.29) is 30.1 Å². The minimum atomic E-state index is 0. The molecule has 2 aliphatic heterocycles. The number of aliphatic imine (C=N–C) groups is 1. The topological polar surface area (TPSA) is 58.1 Å². The number of halogens is 1. The van der Waals surface area contributed by atoms with E-state index in [1.165, 1.54) is 17.5 Å². The van der Waals surface area contributed by atoms with Gasteiger partial charge in [-0.3, -0.25) is 9.89 Å². The SMILES string of the molecule is CN=C(NCCN1CCc2sccc2C1)NCc1ccc(C)cc1OCC1CCCO1.I. The van der Waals surface area contributed by atoms with Gasteiger partial charge in [0, 0.05) is 56.8 Å². The second-order valence-electron chi connectivity index (χ2n) is 8.30. The number of ether oxygens (including phenoxy) is 2. The molecule has 1 aromatic carbocycles. The van der Waals surface area contributed by atoms with Gasteiger partial charge in [0.2, 0.25) is 0 Å². The van der Waals surface area contributed by atoms with E-state index in [9.17, 15) is 0 Å². The summed E-state index contributed by atoms with van der Waals surface area (Å²) in [6.07, 6.45) is 3.60. The Bertz CT molecular complexity index is 883. The predicted molar refractivity (Wildman–Crippen MR) is 143 cm³/mol. The van der Waals surface area contributed by atoms with E-state index in [1.807, 2.05) is 18.4 Å². The third-order valence-corrected chi connectivity index (χ3v) is 6.97. The van der Waals surface area contributed by atoms with E-state index in [4.69, 9.17) is 9.47 Å². The maximum atomic E-state index is 6.12. The zero-order valence-corrected chi connectivity index (χ0v) is 22.2. The van der Waals surface area contributed by atoms with Gasteiger partial charge in [-0.1, -0.05) is 12.1 Å². The highest BCUT2D eigenvalue weighted by molar-refractivity contribution is 14.0. The van der Waals surface area contributed by atoms with Crippen LogP contribution in [0.2, 0.25) is 0 Å². The van der Waals surface area contributed by atoms with Crippen molar-refractivity contribution in [2.75, 3.05) is 39.9 Å². The molecule has 3 heterocycles. The molecule has 1 saturated heterocycles. The van der Waals surface area contributed by atoms with Crippen LogP contribution in [-0.2, 0) is 24.2 Å². The first kappa shape index (κ1) is 25.3. The van der Waals surface area contributed by atoms with Gasteiger partial charge in [0.25, 0.3) is 0 Å². The molecular formula is C24H35IN4O2S. The second kappa shape index (κ2) is 12.8. The van der Waals surface area contributed by atoms with Crippen molar-refractivity contribution in [3.8, 4) is 5.75 Å². The number of rotatable bonds is 8. The summed E-state index contributed by atoms with van der Waals surface area (Å²) < 4.78 is 11.8. The van der Waals surface area contributed by atoms with Crippen LogP contribution in [0, 0.1) is 6.92 Å². The summed E-state index contributed by atoms with van der Waals surface area (Å²) in [6, 6.07) is 8.63. The molecule has 176 valence electrons. The van der Waals surface area contributed by atoms with Gasteiger partial charge in [-0.15, -0.1) is 35.3 Å². The van der Waals surface area contributed by atoms with Gasteiger partial charge in [-0.2, -0.15) is 0 Å². The molecule has 6 nitrogen and oxygen atoms in total. The Morgan fingerprint density at radius 3 is 3.03 bits per heavy atom. The van der Waals surface area contributed by atoms with Gasteiger partial charge in [-0.05, 0) is 54.8 Å². The van der Waals surface area contributed by atoms with E-state index in [0.717, 1.165) is 62.9 Å². The van der Waals surface area contributed by atoms with Gasteiger partial charge in [0.05, 0.1) is 6.10 Å². The lowest BCUT2D eigenvalue weighted by molar-refractivity contribution is 0.0676. The van der Waals surface area contributed by atoms with Gasteiger partial charge in [0.1, 0.15) is 12.4 Å². The molecule has 0 bridgehead atoms. The monoisotopic (exact) mass is 570 g/mol. The third-order valence-electron chi connectivity index (χ3n) is 5.95. The Hall–Kier alpha value is -1.36. The van der Waals surface area contributed by atoms with E-state index >= 15 is 0 Å². The van der Waals surface area contributed by atoms with Crippen molar-refractivity contribution >= 4 is 41.3 Å². The molecule has 2 aliphatic rings. The average Bonchev–Trinajstić information content (AvgIpc) is 3.47. The lowest BCUT2D eigenvalue weighted by Crippen LogP contribution is -2.42. The van der Waals surface area contributed by atoms with Crippen LogP contribution in [0.3, 0.4) is 0 Å². The molecule has 4 rings (SSSR count). The maximum absolute atomic E-state index is 6.12. The average molecular weight is 571 g/mol. The molecule has 1 aromatic heterocycles. The van der Waals surface area contributed by atoms with Gasteiger partial charge in [-0.25, -0.2) is 0 Å². The minimum absolute atomic E-state index is 0. The molecule has 0 radical (unpaired) electrons. The molecule has 0 spiro atoms. The molecule has 1 atom stereocenters. The summed E-state index contributed by atoms with van der Waals surface area (Å²) in [4.78, 5) is 8.45. The normalized spacial score (nSPS) is 18.7. The second-order valence-corrected chi connectivity index (χ2v) is 9.31. The van der Waals surface area contributed by atoms with Crippen LogP contribution in [0.25, 0.3) is 0 Å². The number of benzene rings is 1. The van der Waals surface area contributed by atoms with Crippen molar-refractivity contribution in [2.45, 2.75) is 45.4 Å². The highest BCUT2D eigenvalue weighted by Crippen LogP contribution is 2.24. The molecule has 0 saturated carbocycles. The summed E-state index contributed by atoms with van der Waals surface area (Å²) in [5.41, 5.74) is 3.82. The lowest BCUT2D eigenvalue weighted by Gasteiger charge is -2.27. The van der Waals surface area contributed by atoms with Crippen molar-refractivity contribution in [1.29, 1.82) is 0 Å². The Labute approximate surface area is 212 Å². The van der Waals surface area contributed by atoms with Crippen LogP contribution in [0.4, 0.5) is 0 Å². The number of guanidine groups is 1. The fourth-order valence-electron chi connectivity index (χ4n) is 4.13. The number of nitrogens with one attached hydrogen (secondary N) is 2. The zero-order valence-electron chi connectivity index (χ0n) is 19.1. The van der Waals surface area contributed by atoms with Crippen LogP contribution >= 0.6 is 35.3 Å². The number of hydrogen-bond acceptors (Lipinski definition) is 5. The molecule has 2 aromatic rings. The molecule has 1 unspecified atom stereocenters. The lowest BCUT2D eigenvalue weighted by atomic mass is 10.1. The summed E-state index contributed by atoms with van der Waals surface area (Å²) in [5, 5.41) is 9.10. The standard InChI is InChI=1S/C24H34N4O2S.HI/c1-18-5-6-19(22(14-18)30-17-21-4-3-12-29-21)15-27-24(25-2)26-9-11-28-10-7-23-20(16-28)8-13-31-23;/h5-6,8,13-14,21H,3-4,7,9-12,15-17H2,1-2H3,(H2,25,26,27);1H. The molecular weight excluding hydrogens is 535 g/mol. The Balaban J connectivity index is 0.00000289.